The topological polar surface area (TPSA) is 61.4 Å². The van der Waals surface area contributed by atoms with Crippen molar-refractivity contribution in [2.24, 2.45) is 11.3 Å². The molecular formula is C11H20N2O2. The molecule has 86 valence electrons. The molecule has 0 bridgehead atoms. The van der Waals surface area contributed by atoms with Crippen molar-refractivity contribution in [1.29, 1.82) is 0 Å². The second-order valence-corrected chi connectivity index (χ2v) is 4.92. The van der Waals surface area contributed by atoms with Crippen LogP contribution in [0.15, 0.2) is 0 Å². The summed E-state index contributed by atoms with van der Waals surface area (Å²) in [6.07, 6.45) is 4.17. The number of piperidine rings is 1. The zero-order chi connectivity index (χ0) is 10.7. The lowest BCUT2D eigenvalue weighted by Crippen LogP contribution is -2.42. The number of aliphatic hydroxyl groups excluding tert-OH is 1. The van der Waals surface area contributed by atoms with E-state index in [1.807, 2.05) is 0 Å². The van der Waals surface area contributed by atoms with E-state index in [1.54, 1.807) is 0 Å². The first-order chi connectivity index (χ1) is 7.26. The minimum absolute atomic E-state index is 0.0256. The first-order valence-corrected chi connectivity index (χ1v) is 5.85. The van der Waals surface area contributed by atoms with E-state index in [0.29, 0.717) is 6.54 Å². The number of hydrogen-bond donors (Lipinski definition) is 3. The molecule has 1 aliphatic heterocycles. The highest BCUT2D eigenvalue weighted by molar-refractivity contribution is 5.79. The van der Waals surface area contributed by atoms with Gasteiger partial charge in [-0.1, -0.05) is 0 Å². The zero-order valence-corrected chi connectivity index (χ0v) is 9.09. The van der Waals surface area contributed by atoms with Crippen molar-refractivity contribution in [2.75, 3.05) is 26.2 Å². The molecule has 0 aromatic carbocycles. The molecule has 0 aromatic rings. The first-order valence-electron chi connectivity index (χ1n) is 5.85. The highest BCUT2D eigenvalue weighted by Crippen LogP contribution is 2.44. The van der Waals surface area contributed by atoms with E-state index in [2.05, 4.69) is 10.6 Å². The summed E-state index contributed by atoms with van der Waals surface area (Å²) in [6.45, 7) is 2.69. The van der Waals surface area contributed by atoms with Gasteiger partial charge in [-0.25, -0.2) is 0 Å². The van der Waals surface area contributed by atoms with Crippen LogP contribution in [0.5, 0.6) is 0 Å². The van der Waals surface area contributed by atoms with Crippen molar-refractivity contribution in [3.05, 3.63) is 0 Å². The molecule has 0 aromatic heterocycles. The quantitative estimate of drug-likeness (QED) is 0.608. The lowest BCUT2D eigenvalue weighted by molar-refractivity contribution is -0.125. The summed E-state index contributed by atoms with van der Waals surface area (Å²) in [5, 5.41) is 15.3. The Hall–Kier alpha value is -0.610. The van der Waals surface area contributed by atoms with E-state index in [4.69, 9.17) is 5.11 Å². The number of nitrogens with one attached hydrogen (secondary N) is 2. The molecule has 2 aliphatic rings. The van der Waals surface area contributed by atoms with Gasteiger partial charge in [0.15, 0.2) is 0 Å². The summed E-state index contributed by atoms with van der Waals surface area (Å²) in [7, 11) is 0. The molecule has 15 heavy (non-hydrogen) atoms. The number of amides is 1. The molecule has 1 aliphatic carbocycles. The van der Waals surface area contributed by atoms with E-state index in [1.165, 1.54) is 0 Å². The summed E-state index contributed by atoms with van der Waals surface area (Å²) in [5.41, 5.74) is 0.0256. The van der Waals surface area contributed by atoms with Crippen LogP contribution in [-0.4, -0.2) is 37.3 Å². The fourth-order valence-corrected chi connectivity index (χ4v) is 2.06. The molecule has 0 radical (unpaired) electrons. The molecule has 1 atom stereocenters. The third kappa shape index (κ3) is 2.69. The predicted octanol–water partition coefficient (Wildman–Crippen LogP) is -0.125. The Morgan fingerprint density at radius 1 is 1.53 bits per heavy atom. The van der Waals surface area contributed by atoms with Crippen molar-refractivity contribution in [1.82, 2.24) is 10.6 Å². The molecule has 4 heteroatoms. The summed E-state index contributed by atoms with van der Waals surface area (Å²) < 4.78 is 0. The van der Waals surface area contributed by atoms with Gasteiger partial charge in [0.25, 0.3) is 0 Å². The highest BCUT2D eigenvalue weighted by atomic mass is 16.3. The lowest BCUT2D eigenvalue weighted by atomic mass is 9.98. The number of aliphatic hydroxyl groups is 1. The molecular weight excluding hydrogens is 192 g/mol. The minimum atomic E-state index is 0.0256. The average molecular weight is 212 g/mol. The lowest BCUT2D eigenvalue weighted by Gasteiger charge is -2.23. The average Bonchev–Trinajstić information content (AvgIpc) is 3.08. The normalized spacial score (nSPS) is 28.5. The Kier molecular flexibility index (Phi) is 3.26. The molecule has 2 fully saturated rings. The maximum Gasteiger partial charge on any atom is 0.224 e. The van der Waals surface area contributed by atoms with Gasteiger partial charge in [0, 0.05) is 18.5 Å². The summed E-state index contributed by atoms with van der Waals surface area (Å²) in [4.78, 5) is 11.8. The van der Waals surface area contributed by atoms with Crippen molar-refractivity contribution >= 4 is 5.91 Å². The van der Waals surface area contributed by atoms with Gasteiger partial charge < -0.3 is 15.7 Å². The number of hydrogen-bond acceptors (Lipinski definition) is 3. The van der Waals surface area contributed by atoms with Gasteiger partial charge in [-0.05, 0) is 32.2 Å². The second-order valence-electron chi connectivity index (χ2n) is 4.92. The number of rotatable bonds is 4. The summed E-state index contributed by atoms with van der Waals surface area (Å²) >= 11 is 0. The van der Waals surface area contributed by atoms with Gasteiger partial charge in [0.1, 0.15) is 0 Å². The summed E-state index contributed by atoms with van der Waals surface area (Å²) in [5.74, 6) is 0.287. The third-order valence-electron chi connectivity index (χ3n) is 3.60. The van der Waals surface area contributed by atoms with Crippen molar-refractivity contribution < 1.29 is 9.90 Å². The van der Waals surface area contributed by atoms with E-state index in [9.17, 15) is 4.79 Å². The zero-order valence-electron chi connectivity index (χ0n) is 9.09. The van der Waals surface area contributed by atoms with Gasteiger partial charge in [-0.15, -0.1) is 0 Å². The third-order valence-corrected chi connectivity index (χ3v) is 3.60. The monoisotopic (exact) mass is 212 g/mol. The van der Waals surface area contributed by atoms with Crippen LogP contribution in [0.1, 0.15) is 25.7 Å². The molecule has 3 N–H and O–H groups in total. The molecule has 1 saturated heterocycles. The Labute approximate surface area is 90.4 Å². The molecule has 1 saturated carbocycles. The van der Waals surface area contributed by atoms with Crippen LogP contribution < -0.4 is 10.6 Å². The number of carbonyl (C=O) groups excluding carboxylic acids is 1. The van der Waals surface area contributed by atoms with Crippen molar-refractivity contribution in [2.45, 2.75) is 25.7 Å². The Morgan fingerprint density at radius 2 is 2.33 bits per heavy atom. The largest absolute Gasteiger partial charge is 0.396 e. The Morgan fingerprint density at radius 3 is 2.87 bits per heavy atom. The van der Waals surface area contributed by atoms with E-state index < -0.39 is 0 Å². The minimum Gasteiger partial charge on any atom is -0.396 e. The van der Waals surface area contributed by atoms with Crippen LogP contribution in [-0.2, 0) is 4.79 Å². The smallest absolute Gasteiger partial charge is 0.224 e. The van der Waals surface area contributed by atoms with Gasteiger partial charge in [-0.2, -0.15) is 0 Å². The SMILES string of the molecule is O=C(NCC1(CO)CC1)C1CCCNC1. The van der Waals surface area contributed by atoms with Crippen LogP contribution in [0.3, 0.4) is 0 Å². The van der Waals surface area contributed by atoms with E-state index in [0.717, 1.165) is 38.8 Å². The van der Waals surface area contributed by atoms with Crippen LogP contribution in [0.4, 0.5) is 0 Å². The molecule has 4 nitrogen and oxygen atoms in total. The first kappa shape index (κ1) is 10.9. The Balaban J connectivity index is 1.72. The molecule has 1 unspecified atom stereocenters. The van der Waals surface area contributed by atoms with Gasteiger partial charge >= 0.3 is 0 Å². The van der Waals surface area contributed by atoms with Crippen molar-refractivity contribution in [3.8, 4) is 0 Å². The fourth-order valence-electron chi connectivity index (χ4n) is 2.06. The fraction of sp³-hybridized carbons (Fsp3) is 0.909. The molecule has 1 amide bonds. The molecule has 1 heterocycles. The van der Waals surface area contributed by atoms with E-state index in [-0.39, 0.29) is 23.8 Å². The van der Waals surface area contributed by atoms with Gasteiger partial charge in [0.05, 0.1) is 12.5 Å². The highest BCUT2D eigenvalue weighted by Gasteiger charge is 2.42. The number of carbonyl (C=O) groups is 1. The van der Waals surface area contributed by atoms with Crippen LogP contribution in [0.25, 0.3) is 0 Å². The van der Waals surface area contributed by atoms with E-state index >= 15 is 0 Å². The standard InChI is InChI=1S/C11H20N2O2/c14-8-11(3-4-11)7-13-10(15)9-2-1-5-12-6-9/h9,12,14H,1-8H2,(H,13,15). The summed E-state index contributed by atoms with van der Waals surface area (Å²) in [6, 6.07) is 0. The predicted molar refractivity (Wildman–Crippen MR) is 57.4 cm³/mol. The molecule has 2 rings (SSSR count). The van der Waals surface area contributed by atoms with Gasteiger partial charge in [0.2, 0.25) is 5.91 Å². The Bertz CT molecular complexity index is 233. The van der Waals surface area contributed by atoms with Crippen molar-refractivity contribution in [3.63, 3.8) is 0 Å². The van der Waals surface area contributed by atoms with Crippen LogP contribution >= 0.6 is 0 Å². The van der Waals surface area contributed by atoms with Crippen LogP contribution in [0, 0.1) is 11.3 Å². The molecule has 0 spiro atoms. The maximum atomic E-state index is 11.8. The second kappa shape index (κ2) is 4.49. The van der Waals surface area contributed by atoms with Crippen LogP contribution in [0.2, 0.25) is 0 Å². The van der Waals surface area contributed by atoms with Gasteiger partial charge in [-0.3, -0.25) is 4.79 Å². The maximum absolute atomic E-state index is 11.8.